The SMILES string of the molecule is CCN(CC)C(=O)c1cccc(NC(=O)C(C)Sc2ccc(OC)cc2)c1. The van der Waals surface area contributed by atoms with Crippen molar-refractivity contribution >= 4 is 29.3 Å². The monoisotopic (exact) mass is 386 g/mol. The van der Waals surface area contributed by atoms with Crippen LogP contribution in [0.15, 0.2) is 53.4 Å². The summed E-state index contributed by atoms with van der Waals surface area (Å²) in [6, 6.07) is 14.7. The number of anilines is 1. The van der Waals surface area contributed by atoms with Crippen LogP contribution in [0, 0.1) is 0 Å². The van der Waals surface area contributed by atoms with Gasteiger partial charge in [-0.2, -0.15) is 0 Å². The van der Waals surface area contributed by atoms with Crippen LogP contribution < -0.4 is 10.1 Å². The third-order valence-corrected chi connectivity index (χ3v) is 5.28. The highest BCUT2D eigenvalue weighted by Gasteiger charge is 2.17. The molecule has 1 N–H and O–H groups in total. The van der Waals surface area contributed by atoms with Crippen LogP contribution in [0.25, 0.3) is 0 Å². The summed E-state index contributed by atoms with van der Waals surface area (Å²) in [5.74, 6) is 0.645. The molecule has 0 aliphatic carbocycles. The Kier molecular flexibility index (Phi) is 7.73. The first-order valence-electron chi connectivity index (χ1n) is 8.99. The summed E-state index contributed by atoms with van der Waals surface area (Å²) in [6.45, 7) is 7.06. The predicted octanol–water partition coefficient (Wildman–Crippen LogP) is 4.30. The molecule has 0 fully saturated rings. The summed E-state index contributed by atoms with van der Waals surface area (Å²) in [5, 5.41) is 2.62. The fourth-order valence-corrected chi connectivity index (χ4v) is 3.45. The van der Waals surface area contributed by atoms with Crippen LogP contribution in [-0.4, -0.2) is 42.2 Å². The molecule has 0 saturated carbocycles. The summed E-state index contributed by atoms with van der Waals surface area (Å²) >= 11 is 1.47. The van der Waals surface area contributed by atoms with Gasteiger partial charge in [0.05, 0.1) is 12.4 Å². The first-order chi connectivity index (χ1) is 13.0. The van der Waals surface area contributed by atoms with E-state index in [2.05, 4.69) is 5.32 Å². The lowest BCUT2D eigenvalue weighted by Gasteiger charge is -2.19. The number of benzene rings is 2. The largest absolute Gasteiger partial charge is 0.497 e. The fraction of sp³-hybridized carbons (Fsp3) is 0.333. The van der Waals surface area contributed by atoms with Crippen LogP contribution in [0.2, 0.25) is 0 Å². The highest BCUT2D eigenvalue weighted by atomic mass is 32.2. The maximum Gasteiger partial charge on any atom is 0.253 e. The molecule has 2 rings (SSSR count). The molecule has 2 aromatic rings. The van der Waals surface area contributed by atoms with Crippen LogP contribution in [0.4, 0.5) is 5.69 Å². The molecule has 2 amide bonds. The average molecular weight is 387 g/mol. The van der Waals surface area contributed by atoms with E-state index in [1.807, 2.05) is 45.0 Å². The Morgan fingerprint density at radius 3 is 2.37 bits per heavy atom. The normalized spacial score (nSPS) is 11.6. The van der Waals surface area contributed by atoms with Gasteiger partial charge in [0, 0.05) is 29.2 Å². The highest BCUT2D eigenvalue weighted by Crippen LogP contribution is 2.26. The van der Waals surface area contributed by atoms with Crippen LogP contribution in [0.5, 0.6) is 5.75 Å². The van der Waals surface area contributed by atoms with Gasteiger partial charge in [0.15, 0.2) is 0 Å². The van der Waals surface area contributed by atoms with Gasteiger partial charge < -0.3 is 15.0 Å². The van der Waals surface area contributed by atoms with Crippen molar-refractivity contribution in [3.8, 4) is 5.75 Å². The number of hydrogen-bond donors (Lipinski definition) is 1. The van der Waals surface area contributed by atoms with Crippen molar-refractivity contribution < 1.29 is 14.3 Å². The van der Waals surface area contributed by atoms with E-state index in [0.717, 1.165) is 10.6 Å². The molecule has 1 atom stereocenters. The van der Waals surface area contributed by atoms with Crippen molar-refractivity contribution in [2.24, 2.45) is 0 Å². The number of methoxy groups -OCH3 is 1. The molecule has 0 aliphatic rings. The Morgan fingerprint density at radius 2 is 1.78 bits per heavy atom. The highest BCUT2D eigenvalue weighted by molar-refractivity contribution is 8.00. The Labute approximate surface area is 165 Å². The lowest BCUT2D eigenvalue weighted by Crippen LogP contribution is -2.30. The smallest absolute Gasteiger partial charge is 0.253 e. The first kappa shape index (κ1) is 20.8. The number of carbonyl (C=O) groups excluding carboxylic acids is 2. The maximum absolute atomic E-state index is 12.5. The van der Waals surface area contributed by atoms with E-state index in [4.69, 9.17) is 4.74 Å². The number of thioether (sulfide) groups is 1. The van der Waals surface area contributed by atoms with Gasteiger partial charge in [0.25, 0.3) is 5.91 Å². The molecule has 0 bridgehead atoms. The van der Waals surface area contributed by atoms with Crippen molar-refractivity contribution in [2.75, 3.05) is 25.5 Å². The molecule has 144 valence electrons. The molecule has 0 radical (unpaired) electrons. The molecule has 0 aliphatic heterocycles. The third-order valence-electron chi connectivity index (χ3n) is 4.17. The van der Waals surface area contributed by atoms with Gasteiger partial charge in [-0.3, -0.25) is 9.59 Å². The Balaban J connectivity index is 2.01. The molecule has 0 spiro atoms. The fourth-order valence-electron chi connectivity index (χ4n) is 2.58. The number of rotatable bonds is 8. The molecule has 5 nitrogen and oxygen atoms in total. The Hall–Kier alpha value is -2.47. The molecule has 27 heavy (non-hydrogen) atoms. The third kappa shape index (κ3) is 5.76. The van der Waals surface area contributed by atoms with E-state index in [1.54, 1.807) is 36.3 Å². The molecule has 2 aromatic carbocycles. The van der Waals surface area contributed by atoms with Crippen molar-refractivity contribution in [1.29, 1.82) is 0 Å². The molecular formula is C21H26N2O3S. The summed E-state index contributed by atoms with van der Waals surface area (Å²) in [5.41, 5.74) is 1.20. The summed E-state index contributed by atoms with van der Waals surface area (Å²) < 4.78 is 5.14. The van der Waals surface area contributed by atoms with Gasteiger partial charge >= 0.3 is 0 Å². The van der Waals surface area contributed by atoms with Crippen molar-refractivity contribution in [3.63, 3.8) is 0 Å². The molecule has 0 saturated heterocycles. The van der Waals surface area contributed by atoms with Crippen molar-refractivity contribution in [1.82, 2.24) is 4.90 Å². The zero-order valence-corrected chi connectivity index (χ0v) is 17.0. The lowest BCUT2D eigenvalue weighted by molar-refractivity contribution is -0.115. The number of carbonyl (C=O) groups is 2. The van der Waals surface area contributed by atoms with Gasteiger partial charge in [0.1, 0.15) is 5.75 Å². The van der Waals surface area contributed by atoms with Gasteiger partial charge in [0.2, 0.25) is 5.91 Å². The molecule has 6 heteroatoms. The Bertz CT molecular complexity index is 773. The van der Waals surface area contributed by atoms with E-state index >= 15 is 0 Å². The summed E-state index contributed by atoms with van der Waals surface area (Å²) in [7, 11) is 1.62. The average Bonchev–Trinajstić information content (AvgIpc) is 2.69. The second kappa shape index (κ2) is 10.0. The summed E-state index contributed by atoms with van der Waals surface area (Å²) in [4.78, 5) is 27.7. The molecular weight excluding hydrogens is 360 g/mol. The maximum atomic E-state index is 12.5. The van der Waals surface area contributed by atoms with Crippen molar-refractivity contribution in [2.45, 2.75) is 30.9 Å². The number of ether oxygens (including phenoxy) is 1. The van der Waals surface area contributed by atoms with E-state index in [9.17, 15) is 9.59 Å². The minimum absolute atomic E-state index is 0.0308. The van der Waals surface area contributed by atoms with Crippen LogP contribution in [0.3, 0.4) is 0 Å². The van der Waals surface area contributed by atoms with Gasteiger partial charge in [-0.1, -0.05) is 6.07 Å². The summed E-state index contributed by atoms with van der Waals surface area (Å²) in [6.07, 6.45) is 0. The number of nitrogens with one attached hydrogen (secondary N) is 1. The van der Waals surface area contributed by atoms with Crippen molar-refractivity contribution in [3.05, 3.63) is 54.1 Å². The lowest BCUT2D eigenvalue weighted by atomic mass is 10.1. The molecule has 0 aromatic heterocycles. The van der Waals surface area contributed by atoms with Gasteiger partial charge in [-0.25, -0.2) is 0 Å². The van der Waals surface area contributed by atoms with E-state index in [1.165, 1.54) is 11.8 Å². The van der Waals surface area contributed by atoms with E-state index in [-0.39, 0.29) is 17.1 Å². The quantitative estimate of drug-likeness (QED) is 0.688. The van der Waals surface area contributed by atoms with E-state index in [0.29, 0.717) is 24.3 Å². The van der Waals surface area contributed by atoms with E-state index < -0.39 is 0 Å². The molecule has 0 heterocycles. The topological polar surface area (TPSA) is 58.6 Å². The van der Waals surface area contributed by atoms with Crippen LogP contribution >= 0.6 is 11.8 Å². The number of amides is 2. The second-order valence-corrected chi connectivity index (χ2v) is 7.40. The Morgan fingerprint density at radius 1 is 1.11 bits per heavy atom. The number of hydrogen-bond acceptors (Lipinski definition) is 4. The first-order valence-corrected chi connectivity index (χ1v) is 9.87. The zero-order chi connectivity index (χ0) is 19.8. The minimum atomic E-state index is -0.277. The van der Waals surface area contributed by atoms with Gasteiger partial charge in [-0.05, 0) is 63.2 Å². The van der Waals surface area contributed by atoms with Crippen LogP contribution in [-0.2, 0) is 4.79 Å². The molecule has 1 unspecified atom stereocenters. The second-order valence-electron chi connectivity index (χ2n) is 5.98. The predicted molar refractivity (Wildman–Crippen MR) is 111 cm³/mol. The zero-order valence-electron chi connectivity index (χ0n) is 16.2. The number of nitrogens with zero attached hydrogens (tertiary/aromatic N) is 1. The minimum Gasteiger partial charge on any atom is -0.497 e. The van der Waals surface area contributed by atoms with Crippen LogP contribution in [0.1, 0.15) is 31.1 Å². The van der Waals surface area contributed by atoms with Gasteiger partial charge in [-0.15, -0.1) is 11.8 Å². The standard InChI is InChI=1S/C21H26N2O3S/c1-5-23(6-2)21(25)16-8-7-9-17(14-16)22-20(24)15(3)27-19-12-10-18(26-4)11-13-19/h7-15H,5-6H2,1-4H3,(H,22,24).